The van der Waals surface area contributed by atoms with E-state index in [9.17, 15) is 21.6 Å². The fourth-order valence-electron chi connectivity index (χ4n) is 1.83. The standard InChI is InChI=1S/C14H10BrCl2F3N2O3S/c15-9-4-10(16)13(11(17)5-9)26(23,24)22-6-8-1-2-21-12(3-8)25-7-14(18,19)20/h1-5,22H,6-7H2. The fourth-order valence-corrected chi connectivity index (χ4v) is 4.78. The summed E-state index contributed by atoms with van der Waals surface area (Å²) in [7, 11) is -4.06. The van der Waals surface area contributed by atoms with E-state index in [4.69, 9.17) is 23.2 Å². The fraction of sp³-hybridized carbons (Fsp3) is 0.214. The molecule has 0 atom stereocenters. The van der Waals surface area contributed by atoms with Crippen LogP contribution in [0.3, 0.4) is 0 Å². The molecule has 26 heavy (non-hydrogen) atoms. The normalized spacial score (nSPS) is 12.2. The molecule has 2 rings (SSSR count). The Kier molecular flexibility index (Phi) is 6.78. The minimum atomic E-state index is -4.51. The highest BCUT2D eigenvalue weighted by Gasteiger charge is 2.28. The molecular weight excluding hydrogens is 484 g/mol. The molecule has 0 bridgehead atoms. The van der Waals surface area contributed by atoms with Gasteiger partial charge in [0.15, 0.2) is 6.61 Å². The first-order valence-electron chi connectivity index (χ1n) is 6.76. The molecule has 2 aromatic rings. The largest absolute Gasteiger partial charge is 0.468 e. The number of halogens is 6. The van der Waals surface area contributed by atoms with Crippen LogP contribution in [-0.2, 0) is 16.6 Å². The molecule has 0 aliphatic rings. The Bertz CT molecular complexity index is 888. The second kappa shape index (κ2) is 8.30. The van der Waals surface area contributed by atoms with Crippen molar-refractivity contribution < 1.29 is 26.3 Å². The molecule has 0 aliphatic heterocycles. The van der Waals surface area contributed by atoms with E-state index in [0.29, 0.717) is 10.0 Å². The predicted octanol–water partition coefficient (Wildman–Crippen LogP) is 4.57. The zero-order valence-electron chi connectivity index (χ0n) is 12.6. The maximum absolute atomic E-state index is 12.4. The molecule has 1 aromatic heterocycles. The van der Waals surface area contributed by atoms with Crippen LogP contribution in [0.25, 0.3) is 0 Å². The summed E-state index contributed by atoms with van der Waals surface area (Å²) in [5.41, 5.74) is 0.338. The maximum atomic E-state index is 12.4. The Morgan fingerprint density at radius 2 is 1.81 bits per heavy atom. The van der Waals surface area contributed by atoms with E-state index in [1.54, 1.807) is 0 Å². The number of pyridine rings is 1. The van der Waals surface area contributed by atoms with Gasteiger partial charge >= 0.3 is 6.18 Å². The number of aromatic nitrogens is 1. The Morgan fingerprint density at radius 3 is 2.38 bits per heavy atom. The van der Waals surface area contributed by atoms with E-state index in [2.05, 4.69) is 30.4 Å². The van der Waals surface area contributed by atoms with E-state index in [0.717, 1.165) is 0 Å². The molecule has 0 spiro atoms. The first-order valence-corrected chi connectivity index (χ1v) is 9.80. The minimum Gasteiger partial charge on any atom is -0.468 e. The zero-order valence-corrected chi connectivity index (χ0v) is 16.6. The number of ether oxygens (including phenoxy) is 1. The number of nitrogens with one attached hydrogen (secondary N) is 1. The third kappa shape index (κ3) is 5.98. The van der Waals surface area contributed by atoms with E-state index in [1.807, 2.05) is 0 Å². The lowest BCUT2D eigenvalue weighted by atomic mass is 10.3. The van der Waals surface area contributed by atoms with E-state index < -0.39 is 22.8 Å². The molecule has 0 unspecified atom stereocenters. The van der Waals surface area contributed by atoms with Gasteiger partial charge in [0.1, 0.15) is 4.90 Å². The quantitative estimate of drug-likeness (QED) is 0.640. The SMILES string of the molecule is O=S(=O)(NCc1ccnc(OCC(F)(F)F)c1)c1c(Cl)cc(Br)cc1Cl. The van der Waals surface area contributed by atoms with Gasteiger partial charge in [0, 0.05) is 23.3 Å². The van der Waals surface area contributed by atoms with Crippen molar-refractivity contribution in [3.05, 3.63) is 50.5 Å². The lowest BCUT2D eigenvalue weighted by Crippen LogP contribution is -2.24. The molecule has 0 amide bonds. The van der Waals surface area contributed by atoms with Crippen molar-refractivity contribution in [1.29, 1.82) is 0 Å². The zero-order chi connectivity index (χ0) is 19.5. The summed E-state index contributed by atoms with van der Waals surface area (Å²) in [6, 6.07) is 5.36. The third-order valence-electron chi connectivity index (χ3n) is 2.88. The second-order valence-electron chi connectivity index (χ2n) is 4.93. The van der Waals surface area contributed by atoms with Crippen molar-refractivity contribution in [2.45, 2.75) is 17.6 Å². The molecule has 142 valence electrons. The van der Waals surface area contributed by atoms with Crippen LogP contribution >= 0.6 is 39.1 Å². The summed E-state index contributed by atoms with van der Waals surface area (Å²) < 4.78 is 68.6. The van der Waals surface area contributed by atoms with Crippen molar-refractivity contribution in [2.24, 2.45) is 0 Å². The van der Waals surface area contributed by atoms with Crippen LogP contribution in [0, 0.1) is 0 Å². The molecule has 0 saturated carbocycles. The average molecular weight is 494 g/mol. The number of rotatable bonds is 6. The summed E-state index contributed by atoms with van der Waals surface area (Å²) in [6.45, 7) is -1.73. The number of sulfonamides is 1. The Balaban J connectivity index is 2.13. The van der Waals surface area contributed by atoms with Crippen LogP contribution < -0.4 is 9.46 Å². The van der Waals surface area contributed by atoms with Crippen LogP contribution in [0.4, 0.5) is 13.2 Å². The smallest absolute Gasteiger partial charge is 0.422 e. The second-order valence-corrected chi connectivity index (χ2v) is 8.36. The van der Waals surface area contributed by atoms with Crippen molar-refractivity contribution >= 4 is 49.2 Å². The van der Waals surface area contributed by atoms with Gasteiger partial charge in [-0.2, -0.15) is 13.2 Å². The highest BCUT2D eigenvalue weighted by molar-refractivity contribution is 9.10. The lowest BCUT2D eigenvalue weighted by Gasteiger charge is -2.12. The van der Waals surface area contributed by atoms with Gasteiger partial charge in [0.2, 0.25) is 15.9 Å². The highest BCUT2D eigenvalue weighted by atomic mass is 79.9. The van der Waals surface area contributed by atoms with Crippen molar-refractivity contribution in [2.75, 3.05) is 6.61 Å². The number of hydrogen-bond donors (Lipinski definition) is 1. The van der Waals surface area contributed by atoms with Crippen molar-refractivity contribution in [3.8, 4) is 5.88 Å². The summed E-state index contributed by atoms with van der Waals surface area (Å²) in [5.74, 6) is -0.279. The molecule has 12 heteroatoms. The Morgan fingerprint density at radius 1 is 1.19 bits per heavy atom. The Hall–Kier alpha value is -1.07. The van der Waals surface area contributed by atoms with E-state index >= 15 is 0 Å². The number of hydrogen-bond acceptors (Lipinski definition) is 4. The molecule has 0 radical (unpaired) electrons. The summed E-state index contributed by atoms with van der Waals surface area (Å²) >= 11 is 15.0. The van der Waals surface area contributed by atoms with Gasteiger partial charge in [-0.15, -0.1) is 0 Å². The maximum Gasteiger partial charge on any atom is 0.422 e. The molecule has 1 N–H and O–H groups in total. The predicted molar refractivity (Wildman–Crippen MR) is 94.0 cm³/mol. The lowest BCUT2D eigenvalue weighted by molar-refractivity contribution is -0.154. The first-order chi connectivity index (χ1) is 12.0. The van der Waals surface area contributed by atoms with Crippen molar-refractivity contribution in [3.63, 3.8) is 0 Å². The summed E-state index contributed by atoms with van der Waals surface area (Å²) in [6.07, 6.45) is -3.30. The topological polar surface area (TPSA) is 68.3 Å². The van der Waals surface area contributed by atoms with Gasteiger partial charge in [-0.1, -0.05) is 39.1 Å². The molecule has 0 fully saturated rings. The van der Waals surface area contributed by atoms with Gasteiger partial charge in [0.25, 0.3) is 0 Å². The van der Waals surface area contributed by atoms with Gasteiger partial charge in [-0.3, -0.25) is 0 Å². The molecular formula is C14H10BrCl2F3N2O3S. The van der Waals surface area contributed by atoms with E-state index in [1.165, 1.54) is 30.5 Å². The minimum absolute atomic E-state index is 0.0826. The Labute approximate surface area is 165 Å². The van der Waals surface area contributed by atoms with Crippen LogP contribution in [-0.4, -0.2) is 26.2 Å². The average Bonchev–Trinajstić information content (AvgIpc) is 2.49. The highest BCUT2D eigenvalue weighted by Crippen LogP contribution is 2.32. The number of nitrogens with zero attached hydrogens (tertiary/aromatic N) is 1. The summed E-state index contributed by atoms with van der Waals surface area (Å²) in [5, 5.41) is -0.165. The van der Waals surface area contributed by atoms with Crippen molar-refractivity contribution in [1.82, 2.24) is 9.71 Å². The molecule has 0 aliphatic carbocycles. The van der Waals surface area contributed by atoms with E-state index in [-0.39, 0.29) is 27.4 Å². The van der Waals surface area contributed by atoms with Gasteiger partial charge in [-0.05, 0) is 23.8 Å². The molecule has 0 saturated heterocycles. The van der Waals surface area contributed by atoms with Crippen LogP contribution in [0.15, 0.2) is 39.8 Å². The van der Waals surface area contributed by atoms with Gasteiger partial charge in [-0.25, -0.2) is 18.1 Å². The summed E-state index contributed by atoms with van der Waals surface area (Å²) in [4.78, 5) is 3.34. The third-order valence-corrected chi connectivity index (χ3v) is 5.66. The number of alkyl halides is 3. The first kappa shape index (κ1) is 21.2. The molecule has 1 heterocycles. The molecule has 5 nitrogen and oxygen atoms in total. The van der Waals surface area contributed by atoms with Crippen LogP contribution in [0.2, 0.25) is 10.0 Å². The van der Waals surface area contributed by atoms with Crippen LogP contribution in [0.5, 0.6) is 5.88 Å². The van der Waals surface area contributed by atoms with Crippen LogP contribution in [0.1, 0.15) is 5.56 Å². The monoisotopic (exact) mass is 492 g/mol. The van der Waals surface area contributed by atoms with Gasteiger partial charge in [0.05, 0.1) is 10.0 Å². The van der Waals surface area contributed by atoms with Gasteiger partial charge < -0.3 is 4.74 Å². The number of benzene rings is 1. The molecule has 1 aromatic carbocycles.